The molecule has 2 aliphatic rings. The summed E-state index contributed by atoms with van der Waals surface area (Å²) in [5, 5.41) is 8.87. The van der Waals surface area contributed by atoms with Crippen LogP contribution < -0.4 is 10.2 Å². The molecule has 35 heavy (non-hydrogen) atoms. The second kappa shape index (κ2) is 9.58. The van der Waals surface area contributed by atoms with Gasteiger partial charge in [-0.15, -0.1) is 0 Å². The van der Waals surface area contributed by atoms with Gasteiger partial charge in [-0.05, 0) is 64.2 Å². The molecule has 2 aromatic heterocycles. The third kappa shape index (κ3) is 4.52. The molecule has 10 heteroatoms. The Labute approximate surface area is 205 Å². The summed E-state index contributed by atoms with van der Waals surface area (Å²) in [6.45, 7) is 5.86. The van der Waals surface area contributed by atoms with Crippen molar-refractivity contribution in [2.24, 2.45) is 5.92 Å². The molecule has 0 bridgehead atoms. The van der Waals surface area contributed by atoms with Crippen LogP contribution in [0.15, 0.2) is 40.0 Å². The molecule has 1 amide bonds. The third-order valence-corrected chi connectivity index (χ3v) is 9.28. The van der Waals surface area contributed by atoms with Crippen LogP contribution in [0.2, 0.25) is 0 Å². The summed E-state index contributed by atoms with van der Waals surface area (Å²) in [6, 6.07) is 6.05. The minimum Gasteiger partial charge on any atom is -0.371 e. The first-order chi connectivity index (χ1) is 16.9. The topological polar surface area (TPSA) is 109 Å². The molecule has 0 radical (unpaired) electrons. The van der Waals surface area contributed by atoms with Crippen molar-refractivity contribution in [2.45, 2.75) is 50.8 Å². The molecule has 4 heterocycles. The summed E-state index contributed by atoms with van der Waals surface area (Å²) >= 11 is 0. The normalized spacial score (nSPS) is 18.2. The summed E-state index contributed by atoms with van der Waals surface area (Å²) < 4.78 is 32.6. The van der Waals surface area contributed by atoms with Crippen molar-refractivity contribution in [2.75, 3.05) is 36.4 Å². The van der Waals surface area contributed by atoms with Gasteiger partial charge in [0.15, 0.2) is 5.76 Å². The van der Waals surface area contributed by atoms with E-state index < -0.39 is 10.0 Å². The number of rotatable bonds is 5. The minimum atomic E-state index is -3.70. The van der Waals surface area contributed by atoms with Crippen LogP contribution in [0.1, 0.15) is 43.6 Å². The molecule has 0 saturated carbocycles. The van der Waals surface area contributed by atoms with Crippen LogP contribution in [0.5, 0.6) is 0 Å². The largest absolute Gasteiger partial charge is 0.371 e. The number of carbonyl (C=O) groups is 1. The fourth-order valence-electron chi connectivity index (χ4n) is 5.26. The number of nitrogens with one attached hydrogen (secondary N) is 1. The highest BCUT2D eigenvalue weighted by molar-refractivity contribution is 7.89. The van der Waals surface area contributed by atoms with Gasteiger partial charge in [0, 0.05) is 61.0 Å². The average molecular weight is 498 g/mol. The molecule has 0 aliphatic carbocycles. The van der Waals surface area contributed by atoms with Crippen molar-refractivity contribution in [3.63, 3.8) is 0 Å². The molecule has 186 valence electrons. The quantitative estimate of drug-likeness (QED) is 0.570. The van der Waals surface area contributed by atoms with Gasteiger partial charge in [0.2, 0.25) is 15.9 Å². The fraction of sp³-hybridized carbons (Fsp3) is 0.480. The lowest BCUT2D eigenvalue weighted by Gasteiger charge is -2.31. The number of fused-ring (bicyclic) bond motifs is 1. The van der Waals surface area contributed by atoms with Crippen LogP contribution in [0.4, 0.5) is 11.4 Å². The Morgan fingerprint density at radius 1 is 1.03 bits per heavy atom. The van der Waals surface area contributed by atoms with E-state index in [9.17, 15) is 13.2 Å². The van der Waals surface area contributed by atoms with E-state index in [1.807, 2.05) is 12.1 Å². The smallest absolute Gasteiger partial charge is 0.248 e. The molecule has 2 fully saturated rings. The Hall–Kier alpha value is -2.98. The Bertz CT molecular complexity index is 1320. The lowest BCUT2D eigenvalue weighted by Crippen LogP contribution is -2.41. The number of carbonyl (C=O) groups excluding carboxylic acids is 1. The van der Waals surface area contributed by atoms with Gasteiger partial charge in [-0.2, -0.15) is 4.31 Å². The van der Waals surface area contributed by atoms with E-state index in [0.29, 0.717) is 18.5 Å². The number of pyridine rings is 1. The minimum absolute atomic E-state index is 0.0877. The monoisotopic (exact) mass is 497 g/mol. The van der Waals surface area contributed by atoms with Gasteiger partial charge >= 0.3 is 0 Å². The molecular weight excluding hydrogens is 466 g/mol. The number of piperidine rings is 2. The van der Waals surface area contributed by atoms with Gasteiger partial charge in [-0.1, -0.05) is 5.16 Å². The molecule has 0 unspecified atom stereocenters. The van der Waals surface area contributed by atoms with Crippen LogP contribution in [0, 0.1) is 19.8 Å². The first-order valence-electron chi connectivity index (χ1n) is 12.2. The van der Waals surface area contributed by atoms with Gasteiger partial charge < -0.3 is 14.7 Å². The van der Waals surface area contributed by atoms with Crippen molar-refractivity contribution in [1.29, 1.82) is 0 Å². The van der Waals surface area contributed by atoms with Crippen molar-refractivity contribution >= 4 is 38.1 Å². The maximum absolute atomic E-state index is 13.2. The van der Waals surface area contributed by atoms with Gasteiger partial charge in [-0.25, -0.2) is 8.42 Å². The maximum atomic E-state index is 13.2. The lowest BCUT2D eigenvalue weighted by atomic mass is 9.97. The van der Waals surface area contributed by atoms with E-state index in [4.69, 9.17) is 4.52 Å². The Kier molecular flexibility index (Phi) is 6.50. The molecule has 2 aliphatic heterocycles. The fourth-order valence-corrected chi connectivity index (χ4v) is 7.02. The predicted octanol–water partition coefficient (Wildman–Crippen LogP) is 3.87. The average Bonchev–Trinajstić information content (AvgIpc) is 3.23. The summed E-state index contributed by atoms with van der Waals surface area (Å²) in [7, 11) is -3.70. The summed E-state index contributed by atoms with van der Waals surface area (Å²) in [5.41, 5.74) is 2.28. The number of amides is 1. The maximum Gasteiger partial charge on any atom is 0.248 e. The molecule has 2 saturated heterocycles. The van der Waals surface area contributed by atoms with Gasteiger partial charge in [0.05, 0.1) is 5.69 Å². The van der Waals surface area contributed by atoms with E-state index >= 15 is 0 Å². The number of nitrogens with zero attached hydrogens (tertiary/aromatic N) is 4. The predicted molar refractivity (Wildman–Crippen MR) is 134 cm³/mol. The number of anilines is 2. The highest BCUT2D eigenvalue weighted by Gasteiger charge is 2.35. The van der Waals surface area contributed by atoms with E-state index in [0.717, 1.165) is 29.5 Å². The van der Waals surface area contributed by atoms with E-state index in [1.54, 1.807) is 26.2 Å². The van der Waals surface area contributed by atoms with Crippen molar-refractivity contribution in [3.8, 4) is 0 Å². The van der Waals surface area contributed by atoms with E-state index in [-0.39, 0.29) is 35.6 Å². The zero-order valence-corrected chi connectivity index (χ0v) is 21.0. The summed E-state index contributed by atoms with van der Waals surface area (Å²) in [4.78, 5) is 20.0. The summed E-state index contributed by atoms with van der Waals surface area (Å²) in [5.74, 6) is -0.0641. The molecule has 1 aromatic carbocycles. The first kappa shape index (κ1) is 23.7. The van der Waals surface area contributed by atoms with Crippen molar-refractivity contribution in [3.05, 3.63) is 42.0 Å². The third-order valence-electron chi connectivity index (χ3n) is 7.14. The highest BCUT2D eigenvalue weighted by Crippen LogP contribution is 2.34. The second-order valence-electron chi connectivity index (χ2n) is 9.42. The van der Waals surface area contributed by atoms with Crippen LogP contribution >= 0.6 is 0 Å². The van der Waals surface area contributed by atoms with E-state index in [1.165, 1.54) is 29.3 Å². The summed E-state index contributed by atoms with van der Waals surface area (Å²) in [6.07, 6.45) is 8.15. The zero-order valence-electron chi connectivity index (χ0n) is 20.2. The van der Waals surface area contributed by atoms with Crippen LogP contribution in [0.3, 0.4) is 0 Å². The van der Waals surface area contributed by atoms with Crippen LogP contribution in [-0.2, 0) is 14.8 Å². The SMILES string of the molecule is Cc1noc(C)c1S(=O)(=O)N1CCC(C(=O)Nc2ccc(N3CCCCC3)c3ccncc23)CC1. The Morgan fingerprint density at radius 3 is 2.46 bits per heavy atom. The first-order valence-corrected chi connectivity index (χ1v) is 13.7. The highest BCUT2D eigenvalue weighted by atomic mass is 32.2. The number of sulfonamides is 1. The lowest BCUT2D eigenvalue weighted by molar-refractivity contribution is -0.120. The Balaban J connectivity index is 1.29. The van der Waals surface area contributed by atoms with E-state index in [2.05, 4.69) is 26.4 Å². The van der Waals surface area contributed by atoms with Crippen molar-refractivity contribution in [1.82, 2.24) is 14.4 Å². The Morgan fingerprint density at radius 2 is 1.77 bits per heavy atom. The van der Waals surface area contributed by atoms with Crippen LogP contribution in [0.25, 0.3) is 10.8 Å². The molecule has 9 nitrogen and oxygen atoms in total. The zero-order chi connectivity index (χ0) is 24.6. The number of aromatic nitrogens is 2. The number of aryl methyl sites for hydroxylation is 2. The molecule has 1 N–H and O–H groups in total. The standard InChI is InChI=1S/C25H31N5O4S/c1-17-24(18(2)34-28-17)35(32,33)30-14-9-19(10-15-30)25(31)27-22-6-7-23(29-12-4-3-5-13-29)20-8-11-26-16-21(20)22/h6-8,11,16,19H,3-5,9-10,12-15H2,1-2H3,(H,27,31). The number of hydrogen-bond acceptors (Lipinski definition) is 7. The number of hydrogen-bond donors (Lipinski definition) is 1. The molecule has 0 spiro atoms. The molecule has 3 aromatic rings. The molecule has 5 rings (SSSR count). The molecule has 0 atom stereocenters. The number of benzene rings is 1. The molecular formula is C25H31N5O4S. The van der Waals surface area contributed by atoms with Crippen molar-refractivity contribution < 1.29 is 17.7 Å². The van der Waals surface area contributed by atoms with Gasteiger partial charge in [0.25, 0.3) is 0 Å². The van der Waals surface area contributed by atoms with Gasteiger partial charge in [-0.3, -0.25) is 9.78 Å². The van der Waals surface area contributed by atoms with Crippen LogP contribution in [-0.4, -0.2) is 54.9 Å². The van der Waals surface area contributed by atoms with Gasteiger partial charge in [0.1, 0.15) is 10.6 Å². The second-order valence-corrected chi connectivity index (χ2v) is 11.3.